The van der Waals surface area contributed by atoms with Gasteiger partial charge >= 0.3 is 0 Å². The van der Waals surface area contributed by atoms with Gasteiger partial charge < -0.3 is 4.74 Å². The summed E-state index contributed by atoms with van der Waals surface area (Å²) >= 11 is 0. The van der Waals surface area contributed by atoms with Gasteiger partial charge in [0.2, 0.25) is 0 Å². The second-order valence-corrected chi connectivity index (χ2v) is 5.76. The van der Waals surface area contributed by atoms with E-state index in [9.17, 15) is 4.79 Å². The van der Waals surface area contributed by atoms with Gasteiger partial charge in [0.25, 0.3) is 6.47 Å². The molecule has 0 saturated carbocycles. The zero-order chi connectivity index (χ0) is 16.2. The fraction of sp³-hybridized carbons (Fsp3) is 0.550. The van der Waals surface area contributed by atoms with Crippen molar-refractivity contribution in [3.63, 3.8) is 0 Å². The first-order valence-corrected chi connectivity index (χ1v) is 8.57. The summed E-state index contributed by atoms with van der Waals surface area (Å²) in [6.45, 7) is 7.64. The van der Waals surface area contributed by atoms with Crippen LogP contribution >= 0.6 is 0 Å². The van der Waals surface area contributed by atoms with Crippen LogP contribution in [0.15, 0.2) is 30.3 Å². The molecule has 0 aliphatic rings. The third-order valence-corrected chi connectivity index (χ3v) is 4.26. The highest BCUT2D eigenvalue weighted by atomic mass is 16.5. The molecule has 122 valence electrons. The number of carbonyl (C=O) groups excluding carboxylic acids is 1. The maximum absolute atomic E-state index is 10.2. The Morgan fingerprint density at radius 1 is 1.18 bits per heavy atom. The topological polar surface area (TPSA) is 26.3 Å². The van der Waals surface area contributed by atoms with Gasteiger partial charge in [0.1, 0.15) is 0 Å². The minimum atomic E-state index is 0.452. The Balaban J connectivity index is 2.70. The average molecular weight is 302 g/mol. The fourth-order valence-electron chi connectivity index (χ4n) is 2.95. The van der Waals surface area contributed by atoms with Crippen molar-refractivity contribution in [2.45, 2.75) is 59.3 Å². The molecule has 0 aliphatic carbocycles. The molecule has 0 N–H and O–H groups in total. The lowest BCUT2D eigenvalue weighted by molar-refractivity contribution is -0.128. The molecule has 0 bridgehead atoms. The van der Waals surface area contributed by atoms with E-state index in [0.717, 1.165) is 6.42 Å². The van der Waals surface area contributed by atoms with Gasteiger partial charge in [0.15, 0.2) is 0 Å². The van der Waals surface area contributed by atoms with Crippen LogP contribution in [-0.4, -0.2) is 13.1 Å². The Bertz CT molecular complexity index is 445. The standard InChI is InChI=1S/C20H30O2/c1-4-7-8-9-18(5-2)20(6-3)19-12-10-17(11-13-19)14-15-22-16-21/h6,10-13,16,18H,4-5,7-9,14-15H2,1-3H3/b20-6+. The smallest absolute Gasteiger partial charge is 0.293 e. The quantitative estimate of drug-likeness (QED) is 0.403. The molecular formula is C20H30O2. The average Bonchev–Trinajstić information content (AvgIpc) is 2.55. The summed E-state index contributed by atoms with van der Waals surface area (Å²) in [5, 5.41) is 0. The summed E-state index contributed by atoms with van der Waals surface area (Å²) in [5.74, 6) is 0.654. The molecule has 2 heteroatoms. The van der Waals surface area contributed by atoms with Crippen molar-refractivity contribution in [1.29, 1.82) is 0 Å². The van der Waals surface area contributed by atoms with Gasteiger partial charge in [-0.3, -0.25) is 4.79 Å². The van der Waals surface area contributed by atoms with E-state index in [4.69, 9.17) is 4.74 Å². The van der Waals surface area contributed by atoms with Crippen molar-refractivity contribution in [2.24, 2.45) is 5.92 Å². The Kier molecular flexibility index (Phi) is 9.29. The molecule has 0 fully saturated rings. The molecule has 1 rings (SSSR count). The largest absolute Gasteiger partial charge is 0.468 e. The molecule has 22 heavy (non-hydrogen) atoms. The molecular weight excluding hydrogens is 272 g/mol. The van der Waals surface area contributed by atoms with E-state index < -0.39 is 0 Å². The zero-order valence-electron chi connectivity index (χ0n) is 14.3. The van der Waals surface area contributed by atoms with Crippen LogP contribution in [0, 0.1) is 5.92 Å². The Morgan fingerprint density at radius 2 is 1.91 bits per heavy atom. The summed E-state index contributed by atoms with van der Waals surface area (Å²) in [5.41, 5.74) is 4.00. The van der Waals surface area contributed by atoms with Gasteiger partial charge in [0.05, 0.1) is 6.61 Å². The van der Waals surface area contributed by atoms with E-state index in [2.05, 4.69) is 51.1 Å². The zero-order valence-corrected chi connectivity index (χ0v) is 14.3. The van der Waals surface area contributed by atoms with Crippen LogP contribution in [0.2, 0.25) is 0 Å². The molecule has 0 aromatic heterocycles. The number of unbranched alkanes of at least 4 members (excludes halogenated alkanes) is 2. The first kappa shape index (κ1) is 18.5. The lowest BCUT2D eigenvalue weighted by atomic mass is 9.86. The Morgan fingerprint density at radius 3 is 2.45 bits per heavy atom. The van der Waals surface area contributed by atoms with Crippen LogP contribution in [0.4, 0.5) is 0 Å². The third kappa shape index (κ3) is 6.05. The maximum atomic E-state index is 10.2. The number of rotatable bonds is 11. The van der Waals surface area contributed by atoms with Gasteiger partial charge in [-0.1, -0.05) is 63.5 Å². The fourth-order valence-corrected chi connectivity index (χ4v) is 2.95. The predicted octanol–water partition coefficient (Wildman–Crippen LogP) is 5.41. The van der Waals surface area contributed by atoms with Crippen molar-refractivity contribution in [1.82, 2.24) is 0 Å². The van der Waals surface area contributed by atoms with E-state index >= 15 is 0 Å². The van der Waals surface area contributed by atoms with Crippen molar-refractivity contribution in [3.05, 3.63) is 41.5 Å². The van der Waals surface area contributed by atoms with Gasteiger partial charge in [-0.2, -0.15) is 0 Å². The van der Waals surface area contributed by atoms with Crippen LogP contribution in [0.3, 0.4) is 0 Å². The molecule has 1 aromatic rings. The first-order chi connectivity index (χ1) is 10.8. The maximum Gasteiger partial charge on any atom is 0.293 e. The highest BCUT2D eigenvalue weighted by Crippen LogP contribution is 2.30. The lowest BCUT2D eigenvalue weighted by Crippen LogP contribution is -2.03. The highest BCUT2D eigenvalue weighted by Gasteiger charge is 2.13. The molecule has 0 radical (unpaired) electrons. The molecule has 0 heterocycles. The normalized spacial score (nSPS) is 13.0. The summed E-state index contributed by atoms with van der Waals surface area (Å²) in [6, 6.07) is 8.69. The van der Waals surface area contributed by atoms with Gasteiger partial charge in [-0.15, -0.1) is 0 Å². The van der Waals surface area contributed by atoms with Gasteiger partial charge in [-0.25, -0.2) is 0 Å². The van der Waals surface area contributed by atoms with E-state index in [1.54, 1.807) is 0 Å². The van der Waals surface area contributed by atoms with Crippen molar-refractivity contribution >= 4 is 12.0 Å². The number of hydrogen-bond acceptors (Lipinski definition) is 2. The van der Waals surface area contributed by atoms with E-state index in [-0.39, 0.29) is 0 Å². The molecule has 1 atom stereocenters. The van der Waals surface area contributed by atoms with E-state index in [1.165, 1.54) is 48.8 Å². The predicted molar refractivity (Wildman–Crippen MR) is 93.7 cm³/mol. The van der Waals surface area contributed by atoms with Crippen LogP contribution in [0.5, 0.6) is 0 Å². The van der Waals surface area contributed by atoms with E-state index in [1.807, 2.05) is 0 Å². The molecule has 1 unspecified atom stereocenters. The number of hydrogen-bond donors (Lipinski definition) is 0. The second-order valence-electron chi connectivity index (χ2n) is 5.76. The number of ether oxygens (including phenoxy) is 1. The lowest BCUT2D eigenvalue weighted by Gasteiger charge is -2.19. The minimum Gasteiger partial charge on any atom is -0.468 e. The summed E-state index contributed by atoms with van der Waals surface area (Å²) in [7, 11) is 0. The number of benzene rings is 1. The monoisotopic (exact) mass is 302 g/mol. The van der Waals surface area contributed by atoms with E-state index in [0.29, 0.717) is 19.0 Å². The molecule has 0 aliphatic heterocycles. The number of carbonyl (C=O) groups is 1. The summed E-state index contributed by atoms with van der Waals surface area (Å²) in [6.07, 6.45) is 9.43. The van der Waals surface area contributed by atoms with Crippen LogP contribution in [0.1, 0.15) is 64.0 Å². The molecule has 0 saturated heterocycles. The van der Waals surface area contributed by atoms with Crippen LogP contribution in [0.25, 0.3) is 5.57 Å². The molecule has 0 amide bonds. The Hall–Kier alpha value is -1.57. The van der Waals surface area contributed by atoms with Crippen molar-refractivity contribution in [3.8, 4) is 0 Å². The van der Waals surface area contributed by atoms with Gasteiger partial charge in [-0.05, 0) is 42.4 Å². The Labute approximate surface area is 135 Å². The van der Waals surface area contributed by atoms with Crippen LogP contribution < -0.4 is 0 Å². The molecule has 0 spiro atoms. The molecule has 1 aromatic carbocycles. The minimum absolute atomic E-state index is 0.452. The van der Waals surface area contributed by atoms with Crippen molar-refractivity contribution < 1.29 is 9.53 Å². The van der Waals surface area contributed by atoms with Gasteiger partial charge in [0, 0.05) is 6.42 Å². The van der Waals surface area contributed by atoms with Crippen molar-refractivity contribution in [2.75, 3.05) is 6.61 Å². The summed E-state index contributed by atoms with van der Waals surface area (Å²) < 4.78 is 4.75. The first-order valence-electron chi connectivity index (χ1n) is 8.57. The SMILES string of the molecule is C/C=C(/c1ccc(CCOC=O)cc1)C(CC)CCCCC. The third-order valence-electron chi connectivity index (χ3n) is 4.26. The number of allylic oxidation sites excluding steroid dienone is 2. The summed E-state index contributed by atoms with van der Waals surface area (Å²) in [4.78, 5) is 10.2. The molecule has 2 nitrogen and oxygen atoms in total. The second kappa shape index (κ2) is 11.1. The van der Waals surface area contributed by atoms with Crippen LogP contribution in [-0.2, 0) is 16.0 Å². The highest BCUT2D eigenvalue weighted by molar-refractivity contribution is 5.67.